The minimum Gasteiger partial charge on any atom is -0.489 e. The third-order valence-electron chi connectivity index (χ3n) is 4.90. The van der Waals surface area contributed by atoms with Gasteiger partial charge in [-0.15, -0.1) is 0 Å². The lowest BCUT2D eigenvalue weighted by molar-refractivity contribution is -0.125. The van der Waals surface area contributed by atoms with E-state index >= 15 is 0 Å². The van der Waals surface area contributed by atoms with E-state index < -0.39 is 0 Å². The first-order valence-electron chi connectivity index (χ1n) is 9.04. The van der Waals surface area contributed by atoms with E-state index in [0.717, 1.165) is 36.1 Å². The molecule has 1 saturated carbocycles. The van der Waals surface area contributed by atoms with Gasteiger partial charge in [-0.05, 0) is 61.6 Å². The summed E-state index contributed by atoms with van der Waals surface area (Å²) in [6.45, 7) is 2.36. The van der Waals surface area contributed by atoms with Crippen molar-refractivity contribution in [2.75, 3.05) is 0 Å². The Morgan fingerprint density at radius 3 is 2.50 bits per heavy atom. The van der Waals surface area contributed by atoms with E-state index in [2.05, 4.69) is 5.32 Å². The summed E-state index contributed by atoms with van der Waals surface area (Å²) in [5.41, 5.74) is 7.82. The number of halogens is 1. The Balaban J connectivity index is 1.51. The zero-order chi connectivity index (χ0) is 18.5. The molecule has 3 rings (SSSR count). The van der Waals surface area contributed by atoms with Crippen LogP contribution in [0.25, 0.3) is 0 Å². The van der Waals surface area contributed by atoms with Gasteiger partial charge in [0.2, 0.25) is 5.91 Å². The van der Waals surface area contributed by atoms with Crippen LogP contribution in [0.2, 0.25) is 0 Å². The molecule has 3 atom stereocenters. The number of hydrogen-bond acceptors (Lipinski definition) is 3. The van der Waals surface area contributed by atoms with Crippen molar-refractivity contribution in [2.45, 2.75) is 44.9 Å². The van der Waals surface area contributed by atoms with Gasteiger partial charge in [0.25, 0.3) is 0 Å². The third kappa shape index (κ3) is 4.82. The first-order valence-corrected chi connectivity index (χ1v) is 9.04. The van der Waals surface area contributed by atoms with Crippen LogP contribution in [0.1, 0.15) is 43.4 Å². The van der Waals surface area contributed by atoms with Crippen LogP contribution in [0, 0.1) is 11.7 Å². The second kappa shape index (κ2) is 8.32. The Hall–Kier alpha value is -2.40. The summed E-state index contributed by atoms with van der Waals surface area (Å²) >= 11 is 0. The fourth-order valence-corrected chi connectivity index (χ4v) is 3.27. The second-order valence-corrected chi connectivity index (χ2v) is 6.98. The first-order chi connectivity index (χ1) is 12.5. The van der Waals surface area contributed by atoms with Crippen molar-refractivity contribution in [2.24, 2.45) is 11.7 Å². The lowest BCUT2D eigenvalue weighted by atomic mass is 10.0. The lowest BCUT2D eigenvalue weighted by Gasteiger charge is -2.18. The molecule has 0 heterocycles. The SMILES string of the molecule is CC(NC(=O)C1CCC(N)C1)c1ccc(OCc2ccc(F)cc2)cc1. The molecule has 26 heavy (non-hydrogen) atoms. The molecule has 0 spiro atoms. The molecular weight excluding hydrogens is 331 g/mol. The molecule has 0 saturated heterocycles. The van der Waals surface area contributed by atoms with Gasteiger partial charge in [-0.25, -0.2) is 4.39 Å². The Morgan fingerprint density at radius 2 is 1.88 bits per heavy atom. The monoisotopic (exact) mass is 356 g/mol. The molecule has 1 fully saturated rings. The van der Waals surface area contributed by atoms with Crippen molar-refractivity contribution in [3.8, 4) is 5.75 Å². The van der Waals surface area contributed by atoms with E-state index in [1.54, 1.807) is 12.1 Å². The molecule has 3 N–H and O–H groups in total. The summed E-state index contributed by atoms with van der Waals surface area (Å²) in [5.74, 6) is 0.597. The number of nitrogens with two attached hydrogens (primary N) is 1. The van der Waals surface area contributed by atoms with Gasteiger partial charge in [-0.2, -0.15) is 0 Å². The van der Waals surface area contributed by atoms with E-state index in [4.69, 9.17) is 10.5 Å². The van der Waals surface area contributed by atoms with Gasteiger partial charge in [0, 0.05) is 12.0 Å². The Bertz CT molecular complexity index is 731. The molecule has 0 bridgehead atoms. The van der Waals surface area contributed by atoms with Gasteiger partial charge >= 0.3 is 0 Å². The number of amides is 1. The fraction of sp³-hybridized carbons (Fsp3) is 0.381. The minimum absolute atomic E-state index is 0.0331. The van der Waals surface area contributed by atoms with Gasteiger partial charge in [-0.3, -0.25) is 4.79 Å². The topological polar surface area (TPSA) is 64.4 Å². The number of ether oxygens (including phenoxy) is 1. The maximum atomic E-state index is 12.9. The number of benzene rings is 2. The minimum atomic E-state index is -0.256. The Kier molecular flexibility index (Phi) is 5.89. The van der Waals surface area contributed by atoms with Gasteiger partial charge in [0.15, 0.2) is 0 Å². The van der Waals surface area contributed by atoms with E-state index in [1.165, 1.54) is 12.1 Å². The highest BCUT2D eigenvalue weighted by molar-refractivity contribution is 5.79. The van der Waals surface area contributed by atoms with Crippen molar-refractivity contribution >= 4 is 5.91 Å². The molecule has 3 unspecified atom stereocenters. The maximum Gasteiger partial charge on any atom is 0.223 e. The average Bonchev–Trinajstić information content (AvgIpc) is 3.08. The molecule has 2 aromatic carbocycles. The number of carbonyl (C=O) groups is 1. The van der Waals surface area contributed by atoms with Gasteiger partial charge in [0.05, 0.1) is 6.04 Å². The molecule has 0 aromatic heterocycles. The van der Waals surface area contributed by atoms with E-state index in [0.29, 0.717) is 6.61 Å². The van der Waals surface area contributed by atoms with Crippen molar-refractivity contribution in [1.29, 1.82) is 0 Å². The van der Waals surface area contributed by atoms with Crippen LogP contribution in [0.4, 0.5) is 4.39 Å². The summed E-state index contributed by atoms with van der Waals surface area (Å²) in [6, 6.07) is 14.0. The molecule has 1 aliphatic carbocycles. The highest BCUT2D eigenvalue weighted by Gasteiger charge is 2.28. The summed E-state index contributed by atoms with van der Waals surface area (Å²) in [7, 11) is 0. The van der Waals surface area contributed by atoms with Crippen LogP contribution in [0.5, 0.6) is 5.75 Å². The smallest absolute Gasteiger partial charge is 0.223 e. The van der Waals surface area contributed by atoms with Crippen LogP contribution in [-0.4, -0.2) is 11.9 Å². The van der Waals surface area contributed by atoms with Gasteiger partial charge < -0.3 is 15.8 Å². The summed E-state index contributed by atoms with van der Waals surface area (Å²) in [5, 5.41) is 3.07. The van der Waals surface area contributed by atoms with Gasteiger partial charge in [-0.1, -0.05) is 24.3 Å². The predicted octanol–water partition coefficient (Wildman–Crippen LogP) is 3.71. The first kappa shape index (κ1) is 18.4. The van der Waals surface area contributed by atoms with E-state index in [-0.39, 0.29) is 29.7 Å². The summed E-state index contributed by atoms with van der Waals surface area (Å²) < 4.78 is 18.6. The standard InChI is InChI=1S/C21H25FN2O2/c1-14(24-21(25)17-4-9-19(23)12-17)16-5-10-20(11-6-16)26-13-15-2-7-18(22)8-3-15/h2-3,5-8,10-11,14,17,19H,4,9,12-13,23H2,1H3,(H,24,25). The van der Waals surface area contributed by atoms with E-state index in [9.17, 15) is 9.18 Å². The van der Waals surface area contributed by atoms with Crippen LogP contribution < -0.4 is 15.8 Å². The van der Waals surface area contributed by atoms with Crippen LogP contribution >= 0.6 is 0 Å². The van der Waals surface area contributed by atoms with Crippen molar-refractivity contribution in [3.05, 3.63) is 65.5 Å². The number of nitrogens with one attached hydrogen (secondary N) is 1. The zero-order valence-corrected chi connectivity index (χ0v) is 15.0. The molecular formula is C21H25FN2O2. The molecule has 0 aliphatic heterocycles. The van der Waals surface area contributed by atoms with Crippen LogP contribution in [-0.2, 0) is 11.4 Å². The molecule has 4 nitrogen and oxygen atoms in total. The zero-order valence-electron chi connectivity index (χ0n) is 15.0. The summed E-state index contributed by atoms with van der Waals surface area (Å²) in [4.78, 5) is 12.3. The Labute approximate surface area is 153 Å². The summed E-state index contributed by atoms with van der Waals surface area (Å²) in [6.07, 6.45) is 2.57. The predicted molar refractivity (Wildman–Crippen MR) is 99.0 cm³/mol. The van der Waals surface area contributed by atoms with Crippen molar-refractivity contribution in [1.82, 2.24) is 5.32 Å². The van der Waals surface area contributed by atoms with Crippen LogP contribution in [0.15, 0.2) is 48.5 Å². The van der Waals surface area contributed by atoms with Crippen LogP contribution in [0.3, 0.4) is 0 Å². The molecule has 1 amide bonds. The molecule has 5 heteroatoms. The third-order valence-corrected chi connectivity index (χ3v) is 4.90. The molecule has 1 aliphatic rings. The molecule has 0 radical (unpaired) electrons. The maximum absolute atomic E-state index is 12.9. The largest absolute Gasteiger partial charge is 0.489 e. The number of hydrogen-bond donors (Lipinski definition) is 2. The molecule has 2 aromatic rings. The lowest BCUT2D eigenvalue weighted by Crippen LogP contribution is -2.32. The van der Waals surface area contributed by atoms with Crippen molar-refractivity contribution in [3.63, 3.8) is 0 Å². The van der Waals surface area contributed by atoms with Gasteiger partial charge in [0.1, 0.15) is 18.2 Å². The van der Waals surface area contributed by atoms with Crippen molar-refractivity contribution < 1.29 is 13.9 Å². The highest BCUT2D eigenvalue weighted by atomic mass is 19.1. The normalized spacial score (nSPS) is 20.6. The number of carbonyl (C=O) groups excluding carboxylic acids is 1. The second-order valence-electron chi connectivity index (χ2n) is 6.98. The highest BCUT2D eigenvalue weighted by Crippen LogP contribution is 2.25. The Morgan fingerprint density at radius 1 is 1.19 bits per heavy atom. The quantitative estimate of drug-likeness (QED) is 0.829. The fourth-order valence-electron chi connectivity index (χ4n) is 3.27. The van der Waals surface area contributed by atoms with E-state index in [1.807, 2.05) is 31.2 Å². The average molecular weight is 356 g/mol. The molecule has 138 valence electrons. The number of rotatable bonds is 6.